The van der Waals surface area contributed by atoms with Crippen LogP contribution >= 0.6 is 0 Å². The van der Waals surface area contributed by atoms with Gasteiger partial charge in [-0.1, -0.05) is 6.92 Å². The standard InChI is InChI=1S/C10H14FNO2/c1-4-6-7-5-14-10(2,3)12(7)9(13)8(6)11/h7H,4-5H2,1-3H3/t7-/m1/s1. The number of amides is 1. The summed E-state index contributed by atoms with van der Waals surface area (Å²) in [5.41, 5.74) is -0.0868. The fraction of sp³-hybridized carbons (Fsp3) is 0.700. The Bertz CT molecular complexity index is 322. The lowest BCUT2D eigenvalue weighted by Crippen LogP contribution is -2.44. The van der Waals surface area contributed by atoms with E-state index in [9.17, 15) is 9.18 Å². The lowest BCUT2D eigenvalue weighted by atomic mass is 10.1. The Balaban J connectivity index is 2.40. The number of carbonyl (C=O) groups is 1. The minimum atomic E-state index is -0.671. The molecule has 0 aromatic rings. The van der Waals surface area contributed by atoms with Crippen molar-refractivity contribution in [2.75, 3.05) is 6.61 Å². The average molecular weight is 199 g/mol. The summed E-state index contributed by atoms with van der Waals surface area (Å²) in [5, 5.41) is 0. The van der Waals surface area contributed by atoms with E-state index in [1.807, 2.05) is 6.92 Å². The third-order valence-corrected chi connectivity index (χ3v) is 2.96. The van der Waals surface area contributed by atoms with Crippen LogP contribution in [0.4, 0.5) is 4.39 Å². The van der Waals surface area contributed by atoms with Crippen molar-refractivity contribution in [3.8, 4) is 0 Å². The first-order valence-electron chi connectivity index (χ1n) is 4.85. The van der Waals surface area contributed by atoms with Gasteiger partial charge in [-0.2, -0.15) is 0 Å². The molecule has 0 N–H and O–H groups in total. The quantitative estimate of drug-likeness (QED) is 0.642. The molecule has 1 amide bonds. The summed E-state index contributed by atoms with van der Waals surface area (Å²) in [6.45, 7) is 5.85. The molecule has 1 fully saturated rings. The van der Waals surface area contributed by atoms with Gasteiger partial charge in [-0.25, -0.2) is 4.39 Å². The van der Waals surface area contributed by atoms with Gasteiger partial charge in [-0.3, -0.25) is 9.69 Å². The lowest BCUT2D eigenvalue weighted by molar-refractivity contribution is -0.140. The zero-order valence-corrected chi connectivity index (χ0v) is 8.63. The number of nitrogens with zero attached hydrogens (tertiary/aromatic N) is 1. The van der Waals surface area contributed by atoms with Crippen molar-refractivity contribution in [3.05, 3.63) is 11.4 Å². The number of ether oxygens (including phenoxy) is 1. The molecule has 0 saturated carbocycles. The number of hydrogen-bond acceptors (Lipinski definition) is 2. The second-order valence-corrected chi connectivity index (χ2v) is 4.14. The van der Waals surface area contributed by atoms with Gasteiger partial charge < -0.3 is 4.74 Å². The van der Waals surface area contributed by atoms with E-state index >= 15 is 0 Å². The van der Waals surface area contributed by atoms with E-state index in [0.717, 1.165) is 0 Å². The second kappa shape index (κ2) is 2.79. The van der Waals surface area contributed by atoms with E-state index in [4.69, 9.17) is 4.74 Å². The molecule has 4 heteroatoms. The minimum absolute atomic E-state index is 0.178. The topological polar surface area (TPSA) is 29.5 Å². The van der Waals surface area contributed by atoms with E-state index in [0.29, 0.717) is 18.6 Å². The molecule has 1 atom stereocenters. The molecule has 0 aromatic carbocycles. The molecule has 14 heavy (non-hydrogen) atoms. The number of fused-ring (bicyclic) bond motifs is 1. The van der Waals surface area contributed by atoms with E-state index < -0.39 is 17.5 Å². The van der Waals surface area contributed by atoms with Gasteiger partial charge in [-0.15, -0.1) is 0 Å². The lowest BCUT2D eigenvalue weighted by Gasteiger charge is -2.29. The van der Waals surface area contributed by atoms with E-state index in [2.05, 4.69) is 0 Å². The van der Waals surface area contributed by atoms with E-state index in [1.165, 1.54) is 4.90 Å². The summed E-state index contributed by atoms with van der Waals surface area (Å²) in [7, 11) is 0. The zero-order chi connectivity index (χ0) is 10.5. The highest BCUT2D eigenvalue weighted by Crippen LogP contribution is 2.39. The monoisotopic (exact) mass is 199 g/mol. The molecule has 2 aliphatic heterocycles. The molecule has 2 aliphatic rings. The molecule has 0 radical (unpaired) electrons. The van der Waals surface area contributed by atoms with Crippen molar-refractivity contribution < 1.29 is 13.9 Å². The molecular formula is C10H14FNO2. The second-order valence-electron chi connectivity index (χ2n) is 4.14. The fourth-order valence-electron chi connectivity index (χ4n) is 2.22. The van der Waals surface area contributed by atoms with Crippen LogP contribution in [0.15, 0.2) is 11.4 Å². The molecule has 0 bridgehead atoms. The first-order valence-corrected chi connectivity index (χ1v) is 4.85. The molecular weight excluding hydrogens is 185 g/mol. The maximum Gasteiger partial charge on any atom is 0.285 e. The van der Waals surface area contributed by atoms with Gasteiger partial charge in [0.1, 0.15) is 5.72 Å². The van der Waals surface area contributed by atoms with Crippen LogP contribution in [-0.4, -0.2) is 29.2 Å². The Morgan fingerprint density at radius 3 is 2.86 bits per heavy atom. The molecule has 1 saturated heterocycles. The Morgan fingerprint density at radius 2 is 2.29 bits per heavy atom. The highest BCUT2D eigenvalue weighted by Gasteiger charge is 2.51. The van der Waals surface area contributed by atoms with Crippen LogP contribution in [0.5, 0.6) is 0 Å². The predicted octanol–water partition coefficient (Wildman–Crippen LogP) is 1.60. The van der Waals surface area contributed by atoms with Gasteiger partial charge in [0.25, 0.3) is 5.91 Å². The predicted molar refractivity (Wildman–Crippen MR) is 49.1 cm³/mol. The normalized spacial score (nSPS) is 30.1. The largest absolute Gasteiger partial charge is 0.354 e. The fourth-order valence-corrected chi connectivity index (χ4v) is 2.22. The van der Waals surface area contributed by atoms with Gasteiger partial charge >= 0.3 is 0 Å². The summed E-state index contributed by atoms with van der Waals surface area (Å²) in [4.78, 5) is 13.1. The Morgan fingerprint density at radius 1 is 1.64 bits per heavy atom. The average Bonchev–Trinajstić information content (AvgIpc) is 2.53. The molecule has 0 unspecified atom stereocenters. The molecule has 78 valence electrons. The molecule has 0 aliphatic carbocycles. The summed E-state index contributed by atoms with van der Waals surface area (Å²) in [5.74, 6) is -1.09. The van der Waals surface area contributed by atoms with Gasteiger partial charge in [0, 0.05) is 0 Å². The minimum Gasteiger partial charge on any atom is -0.354 e. The van der Waals surface area contributed by atoms with Crippen molar-refractivity contribution in [2.45, 2.75) is 39.0 Å². The molecule has 0 aromatic heterocycles. The Kier molecular flexibility index (Phi) is 1.93. The molecule has 2 rings (SSSR count). The van der Waals surface area contributed by atoms with Gasteiger partial charge in [0.15, 0.2) is 5.83 Å². The van der Waals surface area contributed by atoms with Crippen molar-refractivity contribution in [1.29, 1.82) is 0 Å². The SMILES string of the molecule is CCC1=C(F)C(=O)N2[C@@H]1COC2(C)C. The first-order chi connectivity index (χ1) is 6.49. The van der Waals surface area contributed by atoms with E-state index in [-0.39, 0.29) is 6.04 Å². The highest BCUT2D eigenvalue weighted by molar-refractivity contribution is 5.96. The van der Waals surface area contributed by atoms with Crippen LogP contribution in [0.3, 0.4) is 0 Å². The van der Waals surface area contributed by atoms with Crippen LogP contribution in [-0.2, 0) is 9.53 Å². The van der Waals surface area contributed by atoms with Crippen molar-refractivity contribution in [2.24, 2.45) is 0 Å². The van der Waals surface area contributed by atoms with Crippen LogP contribution in [0.2, 0.25) is 0 Å². The molecule has 0 spiro atoms. The van der Waals surface area contributed by atoms with Crippen LogP contribution in [0.25, 0.3) is 0 Å². The van der Waals surface area contributed by atoms with Crippen LogP contribution < -0.4 is 0 Å². The third kappa shape index (κ3) is 1.03. The number of rotatable bonds is 1. The third-order valence-electron chi connectivity index (χ3n) is 2.96. The van der Waals surface area contributed by atoms with Crippen molar-refractivity contribution in [1.82, 2.24) is 4.90 Å². The molecule has 2 heterocycles. The first kappa shape index (κ1) is 9.65. The van der Waals surface area contributed by atoms with E-state index in [1.54, 1.807) is 13.8 Å². The van der Waals surface area contributed by atoms with Crippen molar-refractivity contribution >= 4 is 5.91 Å². The summed E-state index contributed by atoms with van der Waals surface area (Å²) >= 11 is 0. The van der Waals surface area contributed by atoms with Crippen molar-refractivity contribution in [3.63, 3.8) is 0 Å². The highest BCUT2D eigenvalue weighted by atomic mass is 19.1. The van der Waals surface area contributed by atoms with Gasteiger partial charge in [-0.05, 0) is 25.8 Å². The maximum absolute atomic E-state index is 13.5. The number of halogens is 1. The zero-order valence-electron chi connectivity index (χ0n) is 8.63. The molecule has 3 nitrogen and oxygen atoms in total. The maximum atomic E-state index is 13.5. The Labute approximate surface area is 82.5 Å². The van der Waals surface area contributed by atoms with Crippen LogP contribution in [0, 0.1) is 0 Å². The van der Waals surface area contributed by atoms with Gasteiger partial charge in [0.05, 0.1) is 12.6 Å². The van der Waals surface area contributed by atoms with Gasteiger partial charge in [0.2, 0.25) is 0 Å². The Hall–Kier alpha value is -0.900. The van der Waals surface area contributed by atoms with Crippen LogP contribution in [0.1, 0.15) is 27.2 Å². The number of carbonyl (C=O) groups excluding carboxylic acids is 1. The summed E-state index contributed by atoms with van der Waals surface area (Å²) in [6.07, 6.45) is 0.568. The summed E-state index contributed by atoms with van der Waals surface area (Å²) < 4.78 is 18.9. The summed E-state index contributed by atoms with van der Waals surface area (Å²) in [6, 6.07) is -0.178. The number of hydrogen-bond donors (Lipinski definition) is 0. The smallest absolute Gasteiger partial charge is 0.285 e.